The number of rotatable bonds is 4. The Labute approximate surface area is 117 Å². The summed E-state index contributed by atoms with van der Waals surface area (Å²) in [5.74, 6) is 0.710. The van der Waals surface area contributed by atoms with Crippen LogP contribution in [-0.2, 0) is 6.42 Å². The van der Waals surface area contributed by atoms with Crippen LogP contribution in [-0.4, -0.2) is 12.4 Å². The van der Waals surface area contributed by atoms with Gasteiger partial charge < -0.3 is 4.90 Å². The van der Waals surface area contributed by atoms with Gasteiger partial charge in [-0.05, 0) is 35.9 Å². The normalized spacial score (nSPS) is 15.7. The first-order valence-corrected chi connectivity index (χ1v) is 7.75. The molecule has 2 aromatic rings. The lowest BCUT2D eigenvalue weighted by Crippen LogP contribution is -2.26. The van der Waals surface area contributed by atoms with E-state index >= 15 is 0 Å². The van der Waals surface area contributed by atoms with Crippen molar-refractivity contribution in [2.24, 2.45) is 0 Å². The molecule has 94 valence electrons. The van der Waals surface area contributed by atoms with Crippen LogP contribution in [0.3, 0.4) is 0 Å². The summed E-state index contributed by atoms with van der Waals surface area (Å²) in [5.41, 5.74) is 2.86. The van der Waals surface area contributed by atoms with Gasteiger partial charge in [0.05, 0.1) is 6.04 Å². The number of alkyl halides is 1. The third-order valence-electron chi connectivity index (χ3n) is 3.55. The molecule has 1 aromatic heterocycles. The van der Waals surface area contributed by atoms with Crippen molar-refractivity contribution in [2.75, 3.05) is 17.3 Å². The summed E-state index contributed by atoms with van der Waals surface area (Å²) in [7, 11) is 0. The maximum atomic E-state index is 6.00. The van der Waals surface area contributed by atoms with E-state index in [9.17, 15) is 0 Å². The molecule has 3 heteroatoms. The van der Waals surface area contributed by atoms with Crippen LogP contribution in [0.1, 0.15) is 22.9 Å². The van der Waals surface area contributed by atoms with E-state index in [1.165, 1.54) is 16.1 Å². The quantitative estimate of drug-likeness (QED) is 0.745. The molecule has 0 saturated heterocycles. The van der Waals surface area contributed by atoms with Crippen LogP contribution in [0.4, 0.5) is 5.69 Å². The van der Waals surface area contributed by atoms with Gasteiger partial charge in [0.15, 0.2) is 0 Å². The highest BCUT2D eigenvalue weighted by Crippen LogP contribution is 2.38. The average molecular weight is 278 g/mol. The number of anilines is 1. The molecule has 0 fully saturated rings. The van der Waals surface area contributed by atoms with E-state index in [-0.39, 0.29) is 0 Å². The van der Waals surface area contributed by atoms with E-state index in [1.807, 2.05) is 11.3 Å². The smallest absolute Gasteiger partial charge is 0.0646 e. The third-order valence-corrected chi connectivity index (χ3v) is 4.75. The highest BCUT2D eigenvalue weighted by atomic mass is 35.5. The maximum absolute atomic E-state index is 6.00. The number of fused-ring (bicyclic) bond motifs is 1. The third kappa shape index (κ3) is 2.15. The Morgan fingerprint density at radius 2 is 2.11 bits per heavy atom. The summed E-state index contributed by atoms with van der Waals surface area (Å²) in [4.78, 5) is 3.94. The van der Waals surface area contributed by atoms with E-state index in [0.717, 1.165) is 19.4 Å². The van der Waals surface area contributed by atoms with Crippen molar-refractivity contribution < 1.29 is 0 Å². The lowest BCUT2D eigenvalue weighted by Gasteiger charge is -2.29. The summed E-state index contributed by atoms with van der Waals surface area (Å²) in [6, 6.07) is 13.5. The zero-order valence-corrected chi connectivity index (χ0v) is 11.8. The molecule has 0 bridgehead atoms. The predicted octanol–water partition coefficient (Wildman–Crippen LogP) is 4.48. The van der Waals surface area contributed by atoms with Crippen LogP contribution in [0.15, 0.2) is 41.8 Å². The molecule has 0 aliphatic carbocycles. The van der Waals surface area contributed by atoms with Gasteiger partial charge >= 0.3 is 0 Å². The van der Waals surface area contributed by atoms with E-state index in [4.69, 9.17) is 11.6 Å². The number of hydrogen-bond acceptors (Lipinski definition) is 2. The maximum Gasteiger partial charge on any atom is 0.0646 e. The number of benzene rings is 1. The largest absolute Gasteiger partial charge is 0.363 e. The molecule has 0 radical (unpaired) electrons. The van der Waals surface area contributed by atoms with Gasteiger partial charge in [-0.1, -0.05) is 24.3 Å². The Morgan fingerprint density at radius 1 is 1.22 bits per heavy atom. The van der Waals surface area contributed by atoms with Gasteiger partial charge in [0, 0.05) is 23.0 Å². The van der Waals surface area contributed by atoms with Crippen molar-refractivity contribution in [3.05, 3.63) is 52.2 Å². The molecule has 1 atom stereocenters. The standard InChI is InChI=1S/C15H16ClNS/c16-9-7-14(15-6-3-11-18-15)17-10-8-12-4-1-2-5-13(12)17/h1-6,11,14H,7-10H2. The van der Waals surface area contributed by atoms with Crippen molar-refractivity contribution in [1.29, 1.82) is 0 Å². The number of nitrogens with zero attached hydrogens (tertiary/aromatic N) is 1. The highest BCUT2D eigenvalue weighted by Gasteiger charge is 2.26. The first-order chi connectivity index (χ1) is 8.90. The molecule has 1 aliphatic rings. The van der Waals surface area contributed by atoms with E-state index in [2.05, 4.69) is 46.7 Å². The van der Waals surface area contributed by atoms with Gasteiger partial charge in [-0.15, -0.1) is 22.9 Å². The number of halogens is 1. The molecule has 18 heavy (non-hydrogen) atoms. The molecular weight excluding hydrogens is 262 g/mol. The van der Waals surface area contributed by atoms with Gasteiger partial charge in [-0.3, -0.25) is 0 Å². The molecule has 1 aromatic carbocycles. The van der Waals surface area contributed by atoms with Crippen LogP contribution in [0.5, 0.6) is 0 Å². The SMILES string of the molecule is ClCCC(c1cccs1)N1CCc2ccccc21. The molecule has 2 heterocycles. The topological polar surface area (TPSA) is 3.24 Å². The summed E-state index contributed by atoms with van der Waals surface area (Å²) >= 11 is 7.83. The lowest BCUT2D eigenvalue weighted by atomic mass is 10.1. The second-order valence-electron chi connectivity index (χ2n) is 4.58. The minimum absolute atomic E-state index is 0.436. The minimum atomic E-state index is 0.436. The molecule has 0 N–H and O–H groups in total. The van der Waals surface area contributed by atoms with E-state index in [0.29, 0.717) is 11.9 Å². The van der Waals surface area contributed by atoms with Crippen LogP contribution in [0.25, 0.3) is 0 Å². The lowest BCUT2D eigenvalue weighted by molar-refractivity contribution is 0.633. The van der Waals surface area contributed by atoms with E-state index in [1.54, 1.807) is 0 Å². The predicted molar refractivity (Wildman–Crippen MR) is 79.9 cm³/mol. The molecular formula is C15H16ClNS. The summed E-state index contributed by atoms with van der Waals surface area (Å²) < 4.78 is 0. The van der Waals surface area contributed by atoms with Gasteiger partial charge in [0.1, 0.15) is 0 Å². The zero-order chi connectivity index (χ0) is 12.4. The van der Waals surface area contributed by atoms with Crippen molar-refractivity contribution in [3.63, 3.8) is 0 Å². The molecule has 1 aliphatic heterocycles. The fourth-order valence-electron chi connectivity index (χ4n) is 2.72. The van der Waals surface area contributed by atoms with Crippen molar-refractivity contribution in [2.45, 2.75) is 18.9 Å². The zero-order valence-electron chi connectivity index (χ0n) is 10.2. The van der Waals surface area contributed by atoms with Crippen LogP contribution >= 0.6 is 22.9 Å². The second kappa shape index (κ2) is 5.33. The fraction of sp³-hybridized carbons (Fsp3) is 0.333. The Bertz CT molecular complexity index is 507. The first kappa shape index (κ1) is 12.1. The van der Waals surface area contributed by atoms with Crippen LogP contribution in [0, 0.1) is 0 Å². The first-order valence-electron chi connectivity index (χ1n) is 6.34. The fourth-order valence-corrected chi connectivity index (χ4v) is 3.80. The summed E-state index contributed by atoms with van der Waals surface area (Å²) in [6.45, 7) is 1.11. The highest BCUT2D eigenvalue weighted by molar-refractivity contribution is 7.10. The van der Waals surface area contributed by atoms with Crippen molar-refractivity contribution in [3.8, 4) is 0 Å². The Hall–Kier alpha value is -0.990. The monoisotopic (exact) mass is 277 g/mol. The Morgan fingerprint density at radius 3 is 2.89 bits per heavy atom. The summed E-state index contributed by atoms with van der Waals surface area (Å²) in [6.07, 6.45) is 2.16. The molecule has 1 unspecified atom stereocenters. The molecule has 0 saturated carbocycles. The molecule has 1 nitrogen and oxygen atoms in total. The number of thiophene rings is 1. The summed E-state index contributed by atoms with van der Waals surface area (Å²) in [5, 5.41) is 2.15. The van der Waals surface area contributed by atoms with Crippen LogP contribution < -0.4 is 4.90 Å². The van der Waals surface area contributed by atoms with E-state index < -0.39 is 0 Å². The molecule has 0 amide bonds. The van der Waals surface area contributed by atoms with Crippen molar-refractivity contribution in [1.82, 2.24) is 0 Å². The minimum Gasteiger partial charge on any atom is -0.363 e. The van der Waals surface area contributed by atoms with Gasteiger partial charge in [0.2, 0.25) is 0 Å². The van der Waals surface area contributed by atoms with Crippen LogP contribution in [0.2, 0.25) is 0 Å². The van der Waals surface area contributed by atoms with Crippen molar-refractivity contribution >= 4 is 28.6 Å². The number of hydrogen-bond donors (Lipinski definition) is 0. The Balaban J connectivity index is 1.93. The van der Waals surface area contributed by atoms with Gasteiger partial charge in [0.25, 0.3) is 0 Å². The van der Waals surface area contributed by atoms with Gasteiger partial charge in [-0.25, -0.2) is 0 Å². The number of para-hydroxylation sites is 1. The van der Waals surface area contributed by atoms with Gasteiger partial charge in [-0.2, -0.15) is 0 Å². The average Bonchev–Trinajstić information content (AvgIpc) is 3.06. The molecule has 3 rings (SSSR count). The Kier molecular flexibility index (Phi) is 3.57. The molecule has 0 spiro atoms. The second-order valence-corrected chi connectivity index (χ2v) is 5.94.